The van der Waals surface area contributed by atoms with Gasteiger partial charge in [0.25, 0.3) is 22.2 Å². The minimum Gasteiger partial charge on any atom is -0.271 e. The third-order valence-corrected chi connectivity index (χ3v) is 19.8. The van der Waals surface area contributed by atoms with E-state index in [9.17, 15) is 0 Å². The van der Waals surface area contributed by atoms with E-state index in [-0.39, 0.29) is 34.3 Å². The quantitative estimate of drug-likeness (QED) is 0.0261. The number of hydrogen-bond donors (Lipinski definition) is 0. The van der Waals surface area contributed by atoms with Crippen LogP contribution in [-0.4, -0.2) is 9.13 Å². The first-order valence-corrected chi connectivity index (χ1v) is 31.2. The van der Waals surface area contributed by atoms with Gasteiger partial charge in [0.2, 0.25) is 0 Å². The Morgan fingerprint density at radius 2 is 0.618 bits per heavy atom. The highest BCUT2D eigenvalue weighted by atomic mass is 127. The van der Waals surface area contributed by atoms with Crippen LogP contribution in [0.3, 0.4) is 0 Å². The molecule has 11 rings (SSSR count). The Bertz CT molecular complexity index is 3840. The van der Waals surface area contributed by atoms with Crippen molar-refractivity contribution in [1.29, 1.82) is 0 Å². The summed E-state index contributed by atoms with van der Waals surface area (Å²) in [5, 5.41) is 13.4. The minimum absolute atomic E-state index is 0.200. The number of aromatic nitrogens is 2. The molecule has 9 aromatic carbocycles. The van der Waals surface area contributed by atoms with Gasteiger partial charge in [0.1, 0.15) is 0 Å². The number of hydrogen-bond acceptors (Lipinski definition) is 4. The summed E-state index contributed by atoms with van der Waals surface area (Å²) in [7, 11) is 0. The average Bonchev–Trinajstić information content (AvgIpc) is 3.61. The third kappa shape index (κ3) is 8.76. The van der Waals surface area contributed by atoms with Gasteiger partial charge in [-0.1, -0.05) is 190 Å². The first-order valence-electron chi connectivity index (χ1n) is 29.0. The van der Waals surface area contributed by atoms with E-state index in [0.29, 0.717) is 21.5 Å². The Morgan fingerprint density at radius 1 is 0.342 bits per heavy atom. The van der Waals surface area contributed by atoms with Gasteiger partial charge in [0, 0.05) is 73.4 Å². The lowest BCUT2D eigenvalue weighted by Crippen LogP contribution is -2.37. The van der Waals surface area contributed by atoms with E-state index in [4.69, 9.17) is 0 Å². The summed E-state index contributed by atoms with van der Waals surface area (Å²) in [6.45, 7) is 13.1. The van der Waals surface area contributed by atoms with Gasteiger partial charge < -0.3 is 0 Å². The van der Waals surface area contributed by atoms with Crippen LogP contribution in [0.2, 0.25) is 0 Å². The van der Waals surface area contributed by atoms with Crippen molar-refractivity contribution in [3.05, 3.63) is 132 Å². The lowest BCUT2D eigenvalue weighted by Gasteiger charge is -2.28. The second-order valence-electron chi connectivity index (χ2n) is 22.7. The first-order chi connectivity index (χ1) is 36.9. The molecule has 0 unspecified atom stereocenters. The van der Waals surface area contributed by atoms with Crippen LogP contribution < -0.4 is 22.2 Å². The van der Waals surface area contributed by atoms with Crippen molar-refractivity contribution in [3.8, 4) is 22.3 Å². The van der Waals surface area contributed by atoms with Crippen molar-refractivity contribution >= 4 is 131 Å². The molecular formula is C68H72I2N2O4. The highest BCUT2D eigenvalue weighted by molar-refractivity contribution is 14.1. The summed E-state index contributed by atoms with van der Waals surface area (Å²) in [5.41, 5.74) is 5.59. The summed E-state index contributed by atoms with van der Waals surface area (Å²) in [6, 6.07) is 25.4. The van der Waals surface area contributed by atoms with Crippen LogP contribution in [0.25, 0.3) is 108 Å². The maximum Gasteiger partial charge on any atom is 0.261 e. The Hall–Kier alpha value is -4.94. The first kappa shape index (κ1) is 53.1. The fourth-order valence-corrected chi connectivity index (χ4v) is 15.7. The summed E-state index contributed by atoms with van der Waals surface area (Å²) in [5.74, 6) is 0. The molecule has 0 aliphatic rings. The Morgan fingerprint density at radius 3 is 0.908 bits per heavy atom. The second kappa shape index (κ2) is 22.1. The summed E-state index contributed by atoms with van der Waals surface area (Å²) >= 11 is 5.04. The summed E-state index contributed by atoms with van der Waals surface area (Å²) < 4.78 is 5.37. The number of unbranched alkanes of at least 4 members (excludes halogenated alkanes) is 12. The van der Waals surface area contributed by atoms with E-state index in [2.05, 4.69) is 160 Å². The minimum atomic E-state index is -0.209. The number of rotatable bonds is 24. The maximum absolute atomic E-state index is 15.8. The van der Waals surface area contributed by atoms with Gasteiger partial charge in [-0.2, -0.15) is 0 Å². The van der Waals surface area contributed by atoms with E-state index >= 15 is 19.2 Å². The molecule has 0 fully saturated rings. The van der Waals surface area contributed by atoms with Crippen molar-refractivity contribution in [2.45, 2.75) is 182 Å². The molecule has 11 aromatic rings. The van der Waals surface area contributed by atoms with E-state index < -0.39 is 0 Å². The van der Waals surface area contributed by atoms with Crippen LogP contribution in [0, 0.1) is 21.0 Å². The third-order valence-electron chi connectivity index (χ3n) is 17.5. The molecule has 2 aromatic heterocycles. The zero-order valence-corrected chi connectivity index (χ0v) is 49.8. The van der Waals surface area contributed by atoms with Crippen LogP contribution in [0.1, 0.15) is 179 Å². The van der Waals surface area contributed by atoms with Crippen LogP contribution in [-0.2, 0) is 0 Å². The Labute approximate surface area is 473 Å². The number of nitrogens with zero attached hydrogens (tertiary/aromatic N) is 2. The number of pyridine rings is 2. The van der Waals surface area contributed by atoms with Gasteiger partial charge in [0.05, 0.1) is 0 Å². The van der Waals surface area contributed by atoms with E-state index in [1.807, 2.05) is 0 Å². The van der Waals surface area contributed by atoms with Crippen molar-refractivity contribution < 1.29 is 0 Å². The topological polar surface area (TPSA) is 78.1 Å². The summed E-state index contributed by atoms with van der Waals surface area (Å²) in [6.07, 6.45) is 20.3. The predicted octanol–water partition coefficient (Wildman–Crippen LogP) is 19.3. The van der Waals surface area contributed by atoms with Crippen LogP contribution in [0.15, 0.2) is 92.0 Å². The van der Waals surface area contributed by atoms with Gasteiger partial charge in [0.15, 0.2) is 0 Å². The lowest BCUT2D eigenvalue weighted by atomic mass is 9.77. The Kier molecular flexibility index (Phi) is 15.4. The van der Waals surface area contributed by atoms with Crippen molar-refractivity contribution in [2.75, 3.05) is 0 Å². The van der Waals surface area contributed by atoms with Crippen LogP contribution in [0.4, 0.5) is 0 Å². The normalized spacial score (nSPS) is 12.7. The molecule has 392 valence electrons. The molecule has 0 bridgehead atoms. The molecule has 6 nitrogen and oxygen atoms in total. The average molecular weight is 1240 g/mol. The fourth-order valence-electron chi connectivity index (χ4n) is 13.6. The fraction of sp³-hybridized carbons (Fsp3) is 0.412. The van der Waals surface area contributed by atoms with Crippen molar-refractivity contribution in [3.63, 3.8) is 0 Å². The molecule has 0 amide bonds. The van der Waals surface area contributed by atoms with E-state index in [1.165, 1.54) is 0 Å². The molecule has 0 atom stereocenters. The highest BCUT2D eigenvalue weighted by Crippen LogP contribution is 2.56. The zero-order chi connectivity index (χ0) is 53.1. The molecule has 0 aliphatic heterocycles. The zero-order valence-electron chi connectivity index (χ0n) is 45.5. The molecular weight excluding hydrogens is 1160 g/mol. The second-order valence-corrected chi connectivity index (χ2v) is 24.8. The van der Waals surface area contributed by atoms with Gasteiger partial charge in [-0.3, -0.25) is 28.3 Å². The SMILES string of the molecule is CCCCCCC(CCCCCC)n1c(=O)c2cc3c(I)c(-c4ccc(C)cc4)c4cc5c(=O)n(C(CCCCCC)CCCCCC)c(=O)c6cc7c(I)c(-c8ccc(C)cc8)c8cc(c1=O)c2c1c3c4c(c65)c7c81. The molecule has 0 N–H and O–H groups in total. The smallest absolute Gasteiger partial charge is 0.261 e. The lowest BCUT2D eigenvalue weighted by molar-refractivity contribution is 0.384. The monoisotopic (exact) mass is 1230 g/mol. The van der Waals surface area contributed by atoms with E-state index in [0.717, 1.165) is 234 Å². The molecule has 76 heavy (non-hydrogen) atoms. The van der Waals surface area contributed by atoms with Crippen molar-refractivity contribution in [1.82, 2.24) is 9.13 Å². The van der Waals surface area contributed by atoms with Gasteiger partial charge in [-0.25, -0.2) is 0 Å². The molecule has 0 spiro atoms. The molecule has 0 aliphatic carbocycles. The van der Waals surface area contributed by atoms with Gasteiger partial charge in [-0.05, 0) is 163 Å². The van der Waals surface area contributed by atoms with Crippen molar-refractivity contribution in [2.24, 2.45) is 0 Å². The molecule has 0 radical (unpaired) electrons. The Balaban J connectivity index is 1.35. The number of benzene rings is 9. The number of aryl methyl sites for hydroxylation is 2. The molecule has 8 heteroatoms. The van der Waals surface area contributed by atoms with Crippen LogP contribution in [0.5, 0.6) is 0 Å². The van der Waals surface area contributed by atoms with Gasteiger partial charge in [-0.15, -0.1) is 0 Å². The standard InChI is InChI=1S/C68H72I2N2O4/c1-7-11-15-19-23-43(24-20-16-12-8-2)71-65(73)49-35-45-53(41-31-27-39(5)28-32-41)64(70)48-38-52-56-50(66(74)72(68(52)76)44(25-21-17-13-9-3)26-22-18-14-10-4)36-46-54(42-33-29-40(6)30-34-42)63(69)47-37-51(67(71)75)55(49)61-57(45)60(48)62(56)58(46)59(47)61/h27-38,43-44H,7-26H2,1-6H3. The maximum atomic E-state index is 15.8. The summed E-state index contributed by atoms with van der Waals surface area (Å²) in [4.78, 5) is 63.3. The number of halogens is 2. The van der Waals surface area contributed by atoms with Crippen LogP contribution >= 0.6 is 45.2 Å². The molecule has 0 saturated heterocycles. The molecule has 2 heterocycles. The highest BCUT2D eigenvalue weighted by Gasteiger charge is 2.34. The predicted molar refractivity (Wildman–Crippen MR) is 342 cm³/mol. The van der Waals surface area contributed by atoms with E-state index in [1.54, 1.807) is 9.13 Å². The van der Waals surface area contributed by atoms with Gasteiger partial charge >= 0.3 is 0 Å². The molecule has 0 saturated carbocycles. The largest absolute Gasteiger partial charge is 0.271 e.